The lowest BCUT2D eigenvalue weighted by Crippen LogP contribution is -2.32. The number of aromatic nitrogens is 2. The van der Waals surface area contributed by atoms with E-state index in [4.69, 9.17) is 26.2 Å². The number of carbonyl (C=O) groups excluding carboxylic acids is 1. The van der Waals surface area contributed by atoms with Crippen LogP contribution in [0, 0.1) is 10.8 Å². The Morgan fingerprint density at radius 2 is 1.97 bits per heavy atom. The first kappa shape index (κ1) is 24.6. The molecule has 0 amide bonds. The van der Waals surface area contributed by atoms with Gasteiger partial charge < -0.3 is 9.47 Å². The fourth-order valence-electron chi connectivity index (χ4n) is 5.82. The molecule has 2 saturated heterocycles. The van der Waals surface area contributed by atoms with Crippen molar-refractivity contribution in [2.45, 2.75) is 91.5 Å². The van der Waals surface area contributed by atoms with Gasteiger partial charge in [-0.2, -0.15) is 5.10 Å². The zero-order chi connectivity index (χ0) is 23.8. The van der Waals surface area contributed by atoms with Gasteiger partial charge in [-0.05, 0) is 61.0 Å². The average molecular weight is 473 g/mol. The van der Waals surface area contributed by atoms with Crippen LogP contribution in [0.2, 0.25) is 17.7 Å². The number of methoxy groups -OCH3 is 1. The first-order valence-electron chi connectivity index (χ1n) is 12.5. The minimum Gasteiger partial charge on any atom is -0.469 e. The summed E-state index contributed by atoms with van der Waals surface area (Å²) in [5.74, 6) is -0.148. The Bertz CT molecular complexity index is 995. The highest BCUT2D eigenvalue weighted by molar-refractivity contribution is 6.77. The van der Waals surface area contributed by atoms with E-state index in [-0.39, 0.29) is 23.0 Å². The van der Waals surface area contributed by atoms with Crippen LogP contribution in [-0.2, 0) is 20.7 Å². The third-order valence-corrected chi connectivity index (χ3v) is 8.81. The highest BCUT2D eigenvalue weighted by atomic mass is 35.5. The molecule has 3 heterocycles. The molecule has 2 fully saturated rings. The summed E-state index contributed by atoms with van der Waals surface area (Å²) < 4.78 is 12.9. The second-order valence-corrected chi connectivity index (χ2v) is 11.7. The largest absolute Gasteiger partial charge is 0.469 e. The number of nitrogens with zero attached hydrogens (tertiary/aromatic N) is 2. The van der Waals surface area contributed by atoms with Gasteiger partial charge in [0.2, 0.25) is 0 Å². The minimum absolute atomic E-state index is 0.0115. The van der Waals surface area contributed by atoms with E-state index in [1.54, 1.807) is 0 Å². The van der Waals surface area contributed by atoms with Gasteiger partial charge in [-0.1, -0.05) is 57.4 Å². The normalized spacial score (nSPS) is 22.1. The Morgan fingerprint density at radius 3 is 2.61 bits per heavy atom. The highest BCUT2D eigenvalue weighted by Crippen LogP contribution is 2.53. The molecule has 1 aromatic heterocycles. The number of hydrogen-bond acceptors (Lipinski definition) is 4. The molecule has 2 aliphatic rings. The van der Waals surface area contributed by atoms with Crippen molar-refractivity contribution >= 4 is 40.6 Å². The van der Waals surface area contributed by atoms with Gasteiger partial charge in [-0.3, -0.25) is 4.79 Å². The first-order valence-corrected chi connectivity index (χ1v) is 12.9. The predicted octanol–water partition coefficient (Wildman–Crippen LogP) is 6.04. The number of unbranched alkanes of at least 4 members (excludes halogenated alkanes) is 1. The number of hydrogen-bond donors (Lipinski definition) is 0. The molecule has 4 rings (SSSR count). The van der Waals surface area contributed by atoms with E-state index in [0.29, 0.717) is 13.1 Å². The molecule has 0 spiro atoms. The minimum atomic E-state index is -0.148. The van der Waals surface area contributed by atoms with Gasteiger partial charge in [-0.15, -0.1) is 0 Å². The van der Waals surface area contributed by atoms with Crippen molar-refractivity contribution in [3.05, 3.63) is 22.8 Å². The maximum atomic E-state index is 11.6. The standard InChI is InChI=1S/C26H38BClN2O3/c1-25(2)16-27(17-26(25,3)4)24-18(10-6-7-12-23(31)32-5)20(28)14-21-19(24)15-29-30(21)22-11-8-9-13-33-22/h14-15,22H,6-13,16-17H2,1-5H3. The van der Waals surface area contributed by atoms with Gasteiger partial charge in [0.15, 0.2) is 12.9 Å². The lowest BCUT2D eigenvalue weighted by Gasteiger charge is -2.35. The summed E-state index contributed by atoms with van der Waals surface area (Å²) in [5, 5.41) is 6.84. The summed E-state index contributed by atoms with van der Waals surface area (Å²) in [6.07, 6.45) is 10.6. The van der Waals surface area contributed by atoms with Crippen molar-refractivity contribution in [3.8, 4) is 0 Å². The Balaban J connectivity index is 1.73. The molecule has 0 N–H and O–H groups in total. The highest BCUT2D eigenvalue weighted by Gasteiger charge is 2.49. The van der Waals surface area contributed by atoms with Crippen molar-refractivity contribution in [3.63, 3.8) is 0 Å². The Kier molecular flexibility index (Phi) is 7.17. The second-order valence-electron chi connectivity index (χ2n) is 11.2. The molecule has 33 heavy (non-hydrogen) atoms. The molecule has 0 bridgehead atoms. The summed E-state index contributed by atoms with van der Waals surface area (Å²) in [4.78, 5) is 11.6. The number of halogens is 1. The summed E-state index contributed by atoms with van der Waals surface area (Å²) >= 11 is 6.99. The molecule has 7 heteroatoms. The van der Waals surface area contributed by atoms with E-state index >= 15 is 0 Å². The van der Waals surface area contributed by atoms with E-state index in [1.807, 2.05) is 6.20 Å². The first-order chi connectivity index (χ1) is 15.6. The molecule has 0 saturated carbocycles. The Labute approximate surface area is 203 Å². The smallest absolute Gasteiger partial charge is 0.305 e. The van der Waals surface area contributed by atoms with Crippen LogP contribution in [0.15, 0.2) is 12.3 Å². The Morgan fingerprint density at radius 1 is 1.24 bits per heavy atom. The number of fused-ring (bicyclic) bond motifs is 1. The topological polar surface area (TPSA) is 53.3 Å². The van der Waals surface area contributed by atoms with E-state index in [2.05, 4.69) is 38.4 Å². The average Bonchev–Trinajstić information content (AvgIpc) is 3.28. The van der Waals surface area contributed by atoms with Crippen molar-refractivity contribution in [2.24, 2.45) is 10.8 Å². The molecule has 0 radical (unpaired) electrons. The second kappa shape index (κ2) is 9.61. The monoisotopic (exact) mass is 472 g/mol. The molecule has 1 unspecified atom stereocenters. The van der Waals surface area contributed by atoms with E-state index in [9.17, 15) is 4.79 Å². The molecule has 1 atom stereocenters. The Hall–Kier alpha value is -1.53. The number of esters is 1. The number of ether oxygens (including phenoxy) is 2. The van der Waals surface area contributed by atoms with Crippen LogP contribution in [-0.4, -0.2) is 36.2 Å². The zero-order valence-electron chi connectivity index (χ0n) is 20.9. The van der Waals surface area contributed by atoms with Crippen LogP contribution in [0.1, 0.15) is 78.0 Å². The van der Waals surface area contributed by atoms with Gasteiger partial charge in [-0.25, -0.2) is 4.68 Å². The van der Waals surface area contributed by atoms with Crippen LogP contribution >= 0.6 is 11.6 Å². The number of benzene rings is 1. The molecule has 1 aromatic carbocycles. The van der Waals surface area contributed by atoms with E-state index in [1.165, 1.54) is 23.5 Å². The maximum absolute atomic E-state index is 11.6. The van der Waals surface area contributed by atoms with Gasteiger partial charge in [0.25, 0.3) is 0 Å². The summed E-state index contributed by atoms with van der Waals surface area (Å²) in [6.45, 7) is 10.8. The van der Waals surface area contributed by atoms with Gasteiger partial charge >= 0.3 is 5.97 Å². The van der Waals surface area contributed by atoms with Gasteiger partial charge in [0.05, 0.1) is 18.8 Å². The molecule has 2 aromatic rings. The SMILES string of the molecule is COC(=O)CCCCc1c(Cl)cc2c(cnn2C2CCCCO2)c1B1CC(C)(C)C(C)(C)C1. The summed E-state index contributed by atoms with van der Waals surface area (Å²) in [5.41, 5.74) is 4.18. The molecular weight excluding hydrogens is 435 g/mol. The third kappa shape index (κ3) is 4.84. The van der Waals surface area contributed by atoms with Crippen molar-refractivity contribution in [2.75, 3.05) is 13.7 Å². The van der Waals surface area contributed by atoms with Crippen molar-refractivity contribution in [1.29, 1.82) is 0 Å². The van der Waals surface area contributed by atoms with Crippen LogP contribution < -0.4 is 5.46 Å². The lowest BCUT2D eigenvalue weighted by molar-refractivity contribution is -0.140. The number of carbonyl (C=O) groups is 1. The fourth-order valence-corrected chi connectivity index (χ4v) is 6.12. The van der Waals surface area contributed by atoms with Crippen LogP contribution in [0.25, 0.3) is 10.9 Å². The van der Waals surface area contributed by atoms with Gasteiger partial charge in [0, 0.05) is 23.4 Å². The molecule has 5 nitrogen and oxygen atoms in total. The molecule has 0 aliphatic carbocycles. The zero-order valence-corrected chi connectivity index (χ0v) is 21.6. The van der Waals surface area contributed by atoms with Crippen LogP contribution in [0.5, 0.6) is 0 Å². The quantitative estimate of drug-likeness (QED) is 0.280. The predicted molar refractivity (Wildman–Crippen MR) is 136 cm³/mol. The van der Waals surface area contributed by atoms with E-state index < -0.39 is 0 Å². The lowest BCUT2D eigenvalue weighted by atomic mass is 9.40. The van der Waals surface area contributed by atoms with Crippen molar-refractivity contribution < 1.29 is 14.3 Å². The molecule has 2 aliphatic heterocycles. The van der Waals surface area contributed by atoms with Gasteiger partial charge in [0.1, 0.15) is 0 Å². The third-order valence-electron chi connectivity index (χ3n) is 8.47. The van der Waals surface area contributed by atoms with E-state index in [0.717, 1.165) is 68.3 Å². The van der Waals surface area contributed by atoms with Crippen molar-refractivity contribution in [1.82, 2.24) is 9.78 Å². The van der Waals surface area contributed by atoms with Crippen LogP contribution in [0.4, 0.5) is 0 Å². The molecule has 180 valence electrons. The number of rotatable bonds is 7. The van der Waals surface area contributed by atoms with Crippen LogP contribution in [0.3, 0.4) is 0 Å². The maximum Gasteiger partial charge on any atom is 0.305 e. The molecular formula is C26H38BClN2O3. The summed E-state index contributed by atoms with van der Waals surface area (Å²) in [6, 6.07) is 2.09. The summed E-state index contributed by atoms with van der Waals surface area (Å²) in [7, 11) is 1.45. The fraction of sp³-hybridized carbons (Fsp3) is 0.692.